The number of hydrogen-bond acceptors (Lipinski definition) is 4. The van der Waals surface area contributed by atoms with E-state index in [0.717, 1.165) is 5.56 Å². The maximum atomic E-state index is 12.0. The average Bonchev–Trinajstić information content (AvgIpc) is 2.95. The molecule has 124 valence electrons. The van der Waals surface area contributed by atoms with E-state index < -0.39 is 5.97 Å². The SMILES string of the molecule is O=C1NC(=Nc2ccccc2C(=O)O)S/C1=C\C=C\c1ccccc1. The third kappa shape index (κ3) is 4.24. The molecule has 0 aromatic heterocycles. The predicted octanol–water partition coefficient (Wildman–Crippen LogP) is 3.83. The highest BCUT2D eigenvalue weighted by Crippen LogP contribution is 2.27. The molecule has 1 aliphatic heterocycles. The molecular formula is C19H14N2O3S. The second-order valence-corrected chi connectivity index (χ2v) is 6.13. The summed E-state index contributed by atoms with van der Waals surface area (Å²) in [7, 11) is 0. The molecule has 2 N–H and O–H groups in total. The van der Waals surface area contributed by atoms with Crippen LogP contribution in [0.1, 0.15) is 15.9 Å². The van der Waals surface area contributed by atoms with Crippen LogP contribution in [0.5, 0.6) is 0 Å². The molecule has 0 spiro atoms. The Morgan fingerprint density at radius 3 is 2.56 bits per heavy atom. The van der Waals surface area contributed by atoms with Gasteiger partial charge in [0, 0.05) is 0 Å². The number of aromatic carboxylic acids is 1. The lowest BCUT2D eigenvalue weighted by atomic mass is 10.2. The molecule has 2 aromatic rings. The highest BCUT2D eigenvalue weighted by molar-refractivity contribution is 8.18. The summed E-state index contributed by atoms with van der Waals surface area (Å²) >= 11 is 1.18. The standard InChI is InChI=1S/C19H14N2O3S/c22-17-16(12-6-9-13-7-2-1-3-8-13)25-19(21-17)20-15-11-5-4-10-14(15)18(23)24/h1-12H,(H,23,24)(H,20,21,22)/b9-6+,16-12-. The van der Waals surface area contributed by atoms with Crippen molar-refractivity contribution in [1.29, 1.82) is 0 Å². The lowest BCUT2D eigenvalue weighted by molar-refractivity contribution is -0.115. The summed E-state index contributed by atoms with van der Waals surface area (Å²) in [6.45, 7) is 0. The Hall–Kier alpha value is -3.12. The molecule has 0 aliphatic carbocycles. The molecule has 1 fully saturated rings. The number of carboxylic acid groups (broad SMARTS) is 1. The number of carbonyl (C=O) groups excluding carboxylic acids is 1. The van der Waals surface area contributed by atoms with Gasteiger partial charge in [0.2, 0.25) is 0 Å². The van der Waals surface area contributed by atoms with Crippen molar-refractivity contribution < 1.29 is 14.7 Å². The molecule has 0 unspecified atom stereocenters. The second kappa shape index (κ2) is 7.63. The zero-order chi connectivity index (χ0) is 17.6. The Morgan fingerprint density at radius 2 is 1.80 bits per heavy atom. The highest BCUT2D eigenvalue weighted by Gasteiger charge is 2.23. The van der Waals surface area contributed by atoms with Crippen molar-refractivity contribution in [2.24, 2.45) is 4.99 Å². The zero-order valence-electron chi connectivity index (χ0n) is 13.0. The number of carboxylic acids is 1. The van der Waals surface area contributed by atoms with Crippen molar-refractivity contribution in [3.63, 3.8) is 0 Å². The molecule has 5 nitrogen and oxygen atoms in total. The topological polar surface area (TPSA) is 78.8 Å². The van der Waals surface area contributed by atoms with Crippen LogP contribution in [0, 0.1) is 0 Å². The Kier molecular flexibility index (Phi) is 5.11. The fourth-order valence-electron chi connectivity index (χ4n) is 2.17. The number of carbonyl (C=O) groups is 2. The van der Waals surface area contributed by atoms with Crippen molar-refractivity contribution >= 4 is 40.6 Å². The van der Waals surface area contributed by atoms with E-state index in [1.54, 1.807) is 30.4 Å². The van der Waals surface area contributed by atoms with Crippen LogP contribution in [0.2, 0.25) is 0 Å². The van der Waals surface area contributed by atoms with Gasteiger partial charge in [0.05, 0.1) is 16.2 Å². The third-order valence-corrected chi connectivity index (χ3v) is 4.27. The summed E-state index contributed by atoms with van der Waals surface area (Å²) in [5.74, 6) is -1.31. The van der Waals surface area contributed by atoms with Gasteiger partial charge in [-0.3, -0.25) is 4.79 Å². The summed E-state index contributed by atoms with van der Waals surface area (Å²) in [5, 5.41) is 12.2. The van der Waals surface area contributed by atoms with Gasteiger partial charge in [0.15, 0.2) is 5.17 Å². The number of amides is 1. The van der Waals surface area contributed by atoms with Crippen LogP contribution in [-0.4, -0.2) is 22.2 Å². The van der Waals surface area contributed by atoms with Gasteiger partial charge in [-0.05, 0) is 35.5 Å². The summed E-state index contributed by atoms with van der Waals surface area (Å²) in [6.07, 6.45) is 5.40. The van der Waals surface area contributed by atoms with Crippen LogP contribution < -0.4 is 5.32 Å². The minimum Gasteiger partial charge on any atom is -0.478 e. The molecule has 0 atom stereocenters. The van der Waals surface area contributed by atoms with Gasteiger partial charge in [-0.2, -0.15) is 0 Å². The van der Waals surface area contributed by atoms with E-state index in [-0.39, 0.29) is 11.5 Å². The Labute approximate surface area is 148 Å². The maximum Gasteiger partial charge on any atom is 0.337 e. The third-order valence-electron chi connectivity index (χ3n) is 3.34. The Balaban J connectivity index is 1.78. The Morgan fingerprint density at radius 1 is 1.08 bits per heavy atom. The molecule has 0 bridgehead atoms. The van der Waals surface area contributed by atoms with Gasteiger partial charge >= 0.3 is 5.97 Å². The minimum atomic E-state index is -1.06. The van der Waals surface area contributed by atoms with E-state index >= 15 is 0 Å². The van der Waals surface area contributed by atoms with Crippen LogP contribution in [-0.2, 0) is 4.79 Å². The number of rotatable bonds is 4. The molecule has 1 heterocycles. The quantitative estimate of drug-likeness (QED) is 0.822. The van der Waals surface area contributed by atoms with E-state index in [1.807, 2.05) is 36.4 Å². The van der Waals surface area contributed by atoms with Crippen LogP contribution >= 0.6 is 11.8 Å². The maximum absolute atomic E-state index is 12.0. The molecular weight excluding hydrogens is 336 g/mol. The molecule has 6 heteroatoms. The average molecular weight is 350 g/mol. The summed E-state index contributed by atoms with van der Waals surface area (Å²) in [4.78, 5) is 28.0. The fraction of sp³-hybridized carbons (Fsp3) is 0. The lowest BCUT2D eigenvalue weighted by Crippen LogP contribution is -2.19. The molecule has 2 aromatic carbocycles. The Bertz CT molecular complexity index is 902. The van der Waals surface area contributed by atoms with E-state index in [1.165, 1.54) is 17.8 Å². The largest absolute Gasteiger partial charge is 0.478 e. The first kappa shape index (κ1) is 16.7. The summed E-state index contributed by atoms with van der Waals surface area (Å²) < 4.78 is 0. The van der Waals surface area contributed by atoms with Gasteiger partial charge in [-0.25, -0.2) is 9.79 Å². The fourth-order valence-corrected chi connectivity index (χ4v) is 2.95. The minimum absolute atomic E-state index is 0.0891. The van der Waals surface area contributed by atoms with Crippen molar-refractivity contribution in [3.8, 4) is 0 Å². The van der Waals surface area contributed by atoms with Crippen LogP contribution in [0.3, 0.4) is 0 Å². The molecule has 1 aliphatic rings. The molecule has 1 amide bonds. The smallest absolute Gasteiger partial charge is 0.337 e. The lowest BCUT2D eigenvalue weighted by Gasteiger charge is -2.00. The number of thioether (sulfide) groups is 1. The van der Waals surface area contributed by atoms with Crippen molar-refractivity contribution in [3.05, 3.63) is 82.8 Å². The van der Waals surface area contributed by atoms with Gasteiger partial charge in [-0.15, -0.1) is 0 Å². The number of benzene rings is 2. The molecule has 1 saturated heterocycles. The van der Waals surface area contributed by atoms with E-state index in [0.29, 0.717) is 15.8 Å². The number of nitrogens with one attached hydrogen (secondary N) is 1. The number of para-hydroxylation sites is 1. The first-order valence-electron chi connectivity index (χ1n) is 7.47. The van der Waals surface area contributed by atoms with Crippen molar-refractivity contribution in [2.75, 3.05) is 0 Å². The number of allylic oxidation sites excluding steroid dienone is 2. The van der Waals surface area contributed by atoms with E-state index in [4.69, 9.17) is 0 Å². The molecule has 25 heavy (non-hydrogen) atoms. The van der Waals surface area contributed by atoms with E-state index in [2.05, 4.69) is 10.3 Å². The van der Waals surface area contributed by atoms with Crippen LogP contribution in [0.15, 0.2) is 76.6 Å². The number of hydrogen-bond donors (Lipinski definition) is 2. The number of amidine groups is 1. The highest BCUT2D eigenvalue weighted by atomic mass is 32.2. The van der Waals surface area contributed by atoms with E-state index in [9.17, 15) is 14.7 Å². The number of aliphatic imine (C=N–C) groups is 1. The van der Waals surface area contributed by atoms with Gasteiger partial charge in [0.25, 0.3) is 5.91 Å². The van der Waals surface area contributed by atoms with Crippen LogP contribution in [0.4, 0.5) is 5.69 Å². The first-order valence-corrected chi connectivity index (χ1v) is 8.29. The molecule has 0 radical (unpaired) electrons. The van der Waals surface area contributed by atoms with Gasteiger partial charge in [0.1, 0.15) is 0 Å². The van der Waals surface area contributed by atoms with Crippen molar-refractivity contribution in [1.82, 2.24) is 5.32 Å². The summed E-state index contributed by atoms with van der Waals surface area (Å²) in [5.41, 5.74) is 1.43. The monoisotopic (exact) mass is 350 g/mol. The predicted molar refractivity (Wildman–Crippen MR) is 99.8 cm³/mol. The van der Waals surface area contributed by atoms with Gasteiger partial charge in [-0.1, -0.05) is 54.6 Å². The second-order valence-electron chi connectivity index (χ2n) is 5.10. The molecule has 0 saturated carbocycles. The first-order chi connectivity index (χ1) is 12.1. The van der Waals surface area contributed by atoms with Crippen LogP contribution in [0.25, 0.3) is 6.08 Å². The summed E-state index contributed by atoms with van der Waals surface area (Å²) in [6, 6.07) is 16.2. The van der Waals surface area contributed by atoms with Crippen molar-refractivity contribution in [2.45, 2.75) is 0 Å². The molecule has 3 rings (SSSR count). The number of nitrogens with zero attached hydrogens (tertiary/aromatic N) is 1. The normalized spacial score (nSPS) is 17.4. The van der Waals surface area contributed by atoms with Gasteiger partial charge < -0.3 is 10.4 Å². The zero-order valence-corrected chi connectivity index (χ0v) is 13.9.